The Labute approximate surface area is 127 Å². The van der Waals surface area contributed by atoms with Gasteiger partial charge < -0.3 is 10.1 Å². The Hall–Kier alpha value is -1.25. The number of nitrogens with one attached hydrogen (secondary N) is 1. The molecule has 0 atom stereocenters. The number of ether oxygens (including phenoxy) is 1. The first-order chi connectivity index (χ1) is 9.07. The normalized spacial score (nSPS) is 11.2. The molecule has 110 valence electrons. The van der Waals surface area contributed by atoms with Crippen LogP contribution < -0.4 is 10.1 Å². The van der Waals surface area contributed by atoms with Crippen LogP contribution in [-0.2, 0) is 6.54 Å². The maximum absolute atomic E-state index is 5.51. The lowest BCUT2D eigenvalue weighted by Gasteiger charge is -2.25. The van der Waals surface area contributed by atoms with Crippen LogP contribution in [0.15, 0.2) is 36.4 Å². The topological polar surface area (TPSA) is 21.3 Å². The van der Waals surface area contributed by atoms with Gasteiger partial charge in [-0.15, -0.1) is 12.4 Å². The third-order valence-corrected chi connectivity index (χ3v) is 3.85. The second-order valence-electron chi connectivity index (χ2n) is 5.56. The van der Waals surface area contributed by atoms with Crippen LogP contribution in [-0.4, -0.2) is 12.6 Å². The van der Waals surface area contributed by atoms with Gasteiger partial charge in [0.05, 0.1) is 7.11 Å². The van der Waals surface area contributed by atoms with Gasteiger partial charge in [0.1, 0.15) is 5.75 Å². The highest BCUT2D eigenvalue weighted by molar-refractivity contribution is 5.87. The Morgan fingerprint density at radius 3 is 2.45 bits per heavy atom. The van der Waals surface area contributed by atoms with Gasteiger partial charge in [0.2, 0.25) is 0 Å². The summed E-state index contributed by atoms with van der Waals surface area (Å²) in [6, 6.07) is 12.6. The van der Waals surface area contributed by atoms with Crippen LogP contribution in [0.4, 0.5) is 0 Å². The van der Waals surface area contributed by atoms with E-state index in [4.69, 9.17) is 4.74 Å². The predicted molar refractivity (Wildman–Crippen MR) is 89.0 cm³/mol. The molecule has 0 heterocycles. The molecular formula is C17H24ClNO. The molecule has 0 fully saturated rings. The fourth-order valence-corrected chi connectivity index (χ4v) is 2.14. The average Bonchev–Trinajstić information content (AvgIpc) is 2.44. The second-order valence-corrected chi connectivity index (χ2v) is 5.56. The summed E-state index contributed by atoms with van der Waals surface area (Å²) in [6.07, 6.45) is 1.10. The van der Waals surface area contributed by atoms with E-state index in [1.54, 1.807) is 7.11 Å². The number of rotatable bonds is 5. The van der Waals surface area contributed by atoms with E-state index >= 15 is 0 Å². The third kappa shape index (κ3) is 3.65. The summed E-state index contributed by atoms with van der Waals surface area (Å²) in [5.74, 6) is 0.957. The van der Waals surface area contributed by atoms with Gasteiger partial charge in [-0.05, 0) is 37.1 Å². The van der Waals surface area contributed by atoms with Crippen molar-refractivity contribution in [3.8, 4) is 5.75 Å². The number of fused-ring (bicyclic) bond motifs is 1. The van der Waals surface area contributed by atoms with Gasteiger partial charge in [-0.3, -0.25) is 0 Å². The van der Waals surface area contributed by atoms with E-state index < -0.39 is 0 Å². The Balaban J connectivity index is 0.00000200. The molecule has 0 aliphatic rings. The van der Waals surface area contributed by atoms with Crippen molar-refractivity contribution in [2.45, 2.75) is 39.3 Å². The first-order valence-corrected chi connectivity index (χ1v) is 6.87. The van der Waals surface area contributed by atoms with Crippen LogP contribution in [0.3, 0.4) is 0 Å². The van der Waals surface area contributed by atoms with Crippen LogP contribution in [0.1, 0.15) is 32.8 Å². The first-order valence-electron chi connectivity index (χ1n) is 6.87. The predicted octanol–water partition coefficient (Wildman–Crippen LogP) is 4.55. The minimum atomic E-state index is 0. The Morgan fingerprint density at radius 1 is 1.10 bits per heavy atom. The van der Waals surface area contributed by atoms with Crippen LogP contribution >= 0.6 is 12.4 Å². The number of hydrogen-bond donors (Lipinski definition) is 1. The Bertz CT molecular complexity index is 566. The van der Waals surface area contributed by atoms with Crippen LogP contribution in [0, 0.1) is 0 Å². The molecule has 0 saturated heterocycles. The molecule has 0 saturated carbocycles. The minimum absolute atomic E-state index is 0. The monoisotopic (exact) mass is 293 g/mol. The summed E-state index contributed by atoms with van der Waals surface area (Å²) in [6.45, 7) is 7.48. The molecule has 0 bridgehead atoms. The summed E-state index contributed by atoms with van der Waals surface area (Å²) < 4.78 is 5.51. The number of methoxy groups -OCH3 is 1. The van der Waals surface area contributed by atoms with Gasteiger partial charge in [-0.1, -0.05) is 37.3 Å². The SMILES string of the molecule is CCC(C)(C)NCc1c(OC)ccc2ccccc12.Cl. The molecule has 0 unspecified atom stereocenters. The summed E-state index contributed by atoms with van der Waals surface area (Å²) in [7, 11) is 1.73. The van der Waals surface area contributed by atoms with Gasteiger partial charge in [0.15, 0.2) is 0 Å². The van der Waals surface area contributed by atoms with E-state index in [1.807, 2.05) is 0 Å². The molecule has 2 rings (SSSR count). The molecule has 0 spiro atoms. The van der Waals surface area contributed by atoms with E-state index in [0.29, 0.717) is 0 Å². The third-order valence-electron chi connectivity index (χ3n) is 3.85. The molecule has 0 radical (unpaired) electrons. The molecule has 0 aliphatic heterocycles. The van der Waals surface area contributed by atoms with E-state index in [0.717, 1.165) is 18.7 Å². The van der Waals surface area contributed by atoms with E-state index in [9.17, 15) is 0 Å². The van der Waals surface area contributed by atoms with Crippen LogP contribution in [0.25, 0.3) is 10.8 Å². The van der Waals surface area contributed by atoms with Gasteiger partial charge in [0.25, 0.3) is 0 Å². The van der Waals surface area contributed by atoms with Gasteiger partial charge in [0, 0.05) is 17.6 Å². The quantitative estimate of drug-likeness (QED) is 0.873. The molecule has 20 heavy (non-hydrogen) atoms. The standard InChI is InChI=1S/C17H23NO.ClH/c1-5-17(2,3)18-12-15-14-9-7-6-8-13(14)10-11-16(15)19-4;/h6-11,18H,5,12H2,1-4H3;1H. The van der Waals surface area contributed by atoms with Crippen LogP contribution in [0.2, 0.25) is 0 Å². The minimum Gasteiger partial charge on any atom is -0.496 e. The highest BCUT2D eigenvalue weighted by atomic mass is 35.5. The molecule has 1 N–H and O–H groups in total. The van der Waals surface area contributed by atoms with Crippen LogP contribution in [0.5, 0.6) is 5.75 Å². The van der Waals surface area contributed by atoms with Crippen molar-refractivity contribution >= 4 is 23.2 Å². The maximum Gasteiger partial charge on any atom is 0.123 e. The van der Waals surface area contributed by atoms with Crippen molar-refractivity contribution in [3.63, 3.8) is 0 Å². The van der Waals surface area contributed by atoms with Crippen molar-refractivity contribution in [3.05, 3.63) is 42.0 Å². The van der Waals surface area contributed by atoms with E-state index in [-0.39, 0.29) is 17.9 Å². The fraction of sp³-hybridized carbons (Fsp3) is 0.412. The molecule has 3 heteroatoms. The lowest BCUT2D eigenvalue weighted by atomic mass is 9.99. The molecule has 0 aromatic heterocycles. The van der Waals surface area contributed by atoms with Crippen molar-refractivity contribution in [2.75, 3.05) is 7.11 Å². The lowest BCUT2D eigenvalue weighted by molar-refractivity contribution is 0.365. The summed E-state index contributed by atoms with van der Waals surface area (Å²) >= 11 is 0. The Kier molecular flexibility index (Phi) is 5.85. The Morgan fingerprint density at radius 2 is 1.80 bits per heavy atom. The van der Waals surface area contributed by atoms with Crippen molar-refractivity contribution < 1.29 is 4.74 Å². The van der Waals surface area contributed by atoms with Crippen molar-refractivity contribution in [1.82, 2.24) is 5.32 Å². The van der Waals surface area contributed by atoms with Gasteiger partial charge in [-0.25, -0.2) is 0 Å². The number of benzene rings is 2. The van der Waals surface area contributed by atoms with Gasteiger partial charge in [-0.2, -0.15) is 0 Å². The zero-order valence-corrected chi connectivity index (χ0v) is 13.5. The van der Waals surface area contributed by atoms with E-state index in [1.165, 1.54) is 16.3 Å². The summed E-state index contributed by atoms with van der Waals surface area (Å²) in [4.78, 5) is 0. The first kappa shape index (κ1) is 16.8. The lowest BCUT2D eigenvalue weighted by Crippen LogP contribution is -2.37. The zero-order chi connectivity index (χ0) is 13.9. The van der Waals surface area contributed by atoms with Gasteiger partial charge >= 0.3 is 0 Å². The maximum atomic E-state index is 5.51. The number of halogens is 1. The second kappa shape index (κ2) is 6.96. The molecule has 2 aromatic carbocycles. The largest absolute Gasteiger partial charge is 0.496 e. The van der Waals surface area contributed by atoms with Crippen molar-refractivity contribution in [2.24, 2.45) is 0 Å². The highest BCUT2D eigenvalue weighted by Crippen LogP contribution is 2.28. The highest BCUT2D eigenvalue weighted by Gasteiger charge is 2.16. The smallest absolute Gasteiger partial charge is 0.123 e. The molecule has 0 aliphatic carbocycles. The summed E-state index contributed by atoms with van der Waals surface area (Å²) in [5.41, 5.74) is 1.38. The summed E-state index contributed by atoms with van der Waals surface area (Å²) in [5, 5.41) is 6.14. The van der Waals surface area contributed by atoms with E-state index in [2.05, 4.69) is 62.5 Å². The molecule has 0 amide bonds. The fourth-order valence-electron chi connectivity index (χ4n) is 2.14. The number of hydrogen-bond acceptors (Lipinski definition) is 2. The van der Waals surface area contributed by atoms with Crippen molar-refractivity contribution in [1.29, 1.82) is 0 Å². The molecule has 2 aromatic rings. The zero-order valence-electron chi connectivity index (χ0n) is 12.7. The molecule has 2 nitrogen and oxygen atoms in total. The molecular weight excluding hydrogens is 270 g/mol. The average molecular weight is 294 g/mol.